The molecule has 0 saturated heterocycles. The molecule has 33 heavy (non-hydrogen) atoms. The van der Waals surface area contributed by atoms with Gasteiger partial charge in [0.15, 0.2) is 0 Å². The predicted octanol–water partition coefficient (Wildman–Crippen LogP) is 4.31. The number of anilines is 4. The predicted molar refractivity (Wildman–Crippen MR) is 121 cm³/mol. The number of rotatable bonds is 7. The maximum Gasteiger partial charge on any atom is 0.325 e. The highest BCUT2D eigenvalue weighted by Crippen LogP contribution is 2.31. The third kappa shape index (κ3) is 3.97. The molecule has 0 spiro atoms. The van der Waals surface area contributed by atoms with Gasteiger partial charge in [-0.15, -0.1) is 10.2 Å². The largest absolute Gasteiger partial charge is 0.457 e. The molecule has 0 aliphatic carbocycles. The topological polar surface area (TPSA) is 143 Å². The Balaban J connectivity index is 1.37. The number of H-pyrrole nitrogens is 1. The number of imidazole rings is 1. The molecule has 0 saturated carbocycles. The molecule has 5 aromatic rings. The number of hydrogen-bond acceptors (Lipinski definition) is 8. The highest BCUT2D eigenvalue weighted by Gasteiger charge is 2.18. The number of hydrogen-bond donors (Lipinski definition) is 2. The summed E-state index contributed by atoms with van der Waals surface area (Å²) in [7, 11) is 0. The average molecular weight is 461 g/mol. The van der Waals surface area contributed by atoms with Crippen LogP contribution in [0.2, 0.25) is 0 Å². The van der Waals surface area contributed by atoms with E-state index in [2.05, 4.69) is 20.2 Å². The Hall–Kier alpha value is -4.71. The van der Waals surface area contributed by atoms with Crippen LogP contribution in [0.1, 0.15) is 0 Å². The van der Waals surface area contributed by atoms with Crippen LogP contribution in [-0.4, -0.2) is 32.6 Å². The molecule has 0 unspecified atom stereocenters. The molecule has 0 bridgehead atoms. The summed E-state index contributed by atoms with van der Waals surface area (Å²) < 4.78 is 11.2. The van der Waals surface area contributed by atoms with E-state index in [1.807, 2.05) is 0 Å². The van der Waals surface area contributed by atoms with Gasteiger partial charge in [0.1, 0.15) is 17.0 Å². The summed E-state index contributed by atoms with van der Waals surface area (Å²) in [6, 6.07) is 14.8. The Morgan fingerprint density at radius 3 is 2.64 bits per heavy atom. The summed E-state index contributed by atoms with van der Waals surface area (Å²) in [4.78, 5) is 33.4. The van der Waals surface area contributed by atoms with Gasteiger partial charge in [0.25, 0.3) is 0 Å². The van der Waals surface area contributed by atoms with Crippen LogP contribution in [0.4, 0.5) is 27.4 Å². The number of aromatic amines is 1. The molecule has 2 aromatic carbocycles. The van der Waals surface area contributed by atoms with Crippen molar-refractivity contribution in [1.82, 2.24) is 20.2 Å². The SMILES string of the molecule is NC(=O)N(c1ccc(Oc2ccc3nc(N(C=O)c4ccco4)[nH]c3c2)cc1)c1nncs1. The third-order valence-electron chi connectivity index (χ3n) is 4.61. The fourth-order valence-electron chi connectivity index (χ4n) is 3.16. The van der Waals surface area contributed by atoms with Crippen LogP contribution >= 0.6 is 11.3 Å². The van der Waals surface area contributed by atoms with E-state index in [-0.39, 0.29) is 0 Å². The number of furan rings is 1. The van der Waals surface area contributed by atoms with E-state index in [1.165, 1.54) is 32.9 Å². The first-order valence-electron chi connectivity index (χ1n) is 9.54. The van der Waals surface area contributed by atoms with Crippen molar-refractivity contribution in [3.63, 3.8) is 0 Å². The zero-order valence-electron chi connectivity index (χ0n) is 16.8. The van der Waals surface area contributed by atoms with Gasteiger partial charge in [0.05, 0.1) is 23.0 Å². The van der Waals surface area contributed by atoms with Gasteiger partial charge in [0.2, 0.25) is 23.4 Å². The Morgan fingerprint density at radius 1 is 1.15 bits per heavy atom. The van der Waals surface area contributed by atoms with E-state index in [1.54, 1.807) is 54.6 Å². The number of fused-ring (bicyclic) bond motifs is 1. The molecule has 0 fully saturated rings. The van der Waals surface area contributed by atoms with Crippen LogP contribution < -0.4 is 20.3 Å². The maximum atomic E-state index is 11.9. The smallest absolute Gasteiger partial charge is 0.325 e. The lowest BCUT2D eigenvalue weighted by atomic mass is 10.2. The molecule has 3 aromatic heterocycles. The Labute approximate surface area is 190 Å². The lowest BCUT2D eigenvalue weighted by Gasteiger charge is -2.17. The van der Waals surface area contributed by atoms with Crippen molar-refractivity contribution in [1.29, 1.82) is 0 Å². The summed E-state index contributed by atoms with van der Waals surface area (Å²) in [5.74, 6) is 1.76. The minimum absolute atomic E-state index is 0.319. The van der Waals surface area contributed by atoms with E-state index >= 15 is 0 Å². The van der Waals surface area contributed by atoms with E-state index in [0.29, 0.717) is 51.6 Å². The number of aromatic nitrogens is 4. The zero-order chi connectivity index (χ0) is 22.8. The number of carbonyl (C=O) groups excluding carboxylic acids is 2. The number of nitrogens with two attached hydrogens (primary N) is 1. The average Bonchev–Trinajstić information content (AvgIpc) is 3.58. The molecule has 164 valence electrons. The van der Waals surface area contributed by atoms with Crippen molar-refractivity contribution in [2.45, 2.75) is 0 Å². The van der Waals surface area contributed by atoms with Crippen LogP contribution in [0.25, 0.3) is 11.0 Å². The number of benzene rings is 2. The molecule has 0 aliphatic heterocycles. The maximum absolute atomic E-state index is 11.9. The van der Waals surface area contributed by atoms with Gasteiger partial charge in [-0.2, -0.15) is 0 Å². The van der Waals surface area contributed by atoms with Gasteiger partial charge in [-0.3, -0.25) is 4.79 Å². The molecule has 3 amide bonds. The van der Waals surface area contributed by atoms with Gasteiger partial charge in [0, 0.05) is 12.1 Å². The number of urea groups is 1. The number of nitrogens with zero attached hydrogens (tertiary/aromatic N) is 5. The van der Waals surface area contributed by atoms with Gasteiger partial charge in [-0.1, -0.05) is 11.3 Å². The van der Waals surface area contributed by atoms with E-state index in [0.717, 1.165) is 0 Å². The minimum atomic E-state index is -0.667. The fraction of sp³-hybridized carbons (Fsp3) is 0. The summed E-state index contributed by atoms with van der Waals surface area (Å²) in [6.07, 6.45) is 2.09. The van der Waals surface area contributed by atoms with Gasteiger partial charge >= 0.3 is 6.03 Å². The first-order chi connectivity index (χ1) is 16.1. The number of carbonyl (C=O) groups is 2. The van der Waals surface area contributed by atoms with Gasteiger partial charge < -0.3 is 19.9 Å². The van der Waals surface area contributed by atoms with Crippen molar-refractivity contribution >= 4 is 57.5 Å². The summed E-state index contributed by atoms with van der Waals surface area (Å²) in [5, 5.41) is 8.00. The van der Waals surface area contributed by atoms with Crippen molar-refractivity contribution in [2.75, 3.05) is 9.80 Å². The first-order valence-corrected chi connectivity index (χ1v) is 10.4. The first kappa shape index (κ1) is 20.2. The number of ether oxygens (including phenoxy) is 1. The molecule has 3 N–H and O–H groups in total. The molecular formula is C21H15N7O4S. The highest BCUT2D eigenvalue weighted by atomic mass is 32.1. The van der Waals surface area contributed by atoms with E-state index in [4.69, 9.17) is 14.9 Å². The summed E-state index contributed by atoms with van der Waals surface area (Å²) in [5.41, 5.74) is 8.87. The molecule has 0 radical (unpaired) electrons. The van der Waals surface area contributed by atoms with Crippen LogP contribution in [0.3, 0.4) is 0 Å². The van der Waals surface area contributed by atoms with Crippen molar-refractivity contribution in [3.8, 4) is 11.5 Å². The molecule has 11 nitrogen and oxygen atoms in total. The number of nitrogens with one attached hydrogen (secondary N) is 1. The van der Waals surface area contributed by atoms with Crippen LogP contribution in [-0.2, 0) is 4.79 Å². The van der Waals surface area contributed by atoms with Gasteiger partial charge in [-0.05, 0) is 42.5 Å². The van der Waals surface area contributed by atoms with Crippen LogP contribution in [0.5, 0.6) is 11.5 Å². The number of primary amides is 1. The molecule has 12 heteroatoms. The second-order valence-electron chi connectivity index (χ2n) is 6.66. The highest BCUT2D eigenvalue weighted by molar-refractivity contribution is 7.13. The summed E-state index contributed by atoms with van der Waals surface area (Å²) in [6.45, 7) is 0. The third-order valence-corrected chi connectivity index (χ3v) is 5.28. The van der Waals surface area contributed by atoms with Crippen molar-refractivity contribution < 1.29 is 18.7 Å². The molecule has 3 heterocycles. The van der Waals surface area contributed by atoms with Crippen LogP contribution in [0, 0.1) is 0 Å². The Morgan fingerprint density at radius 2 is 1.97 bits per heavy atom. The van der Waals surface area contributed by atoms with Crippen molar-refractivity contribution in [2.24, 2.45) is 5.73 Å². The second kappa shape index (κ2) is 8.43. The lowest BCUT2D eigenvalue weighted by Crippen LogP contribution is -2.31. The van der Waals surface area contributed by atoms with E-state index < -0.39 is 6.03 Å². The van der Waals surface area contributed by atoms with Crippen LogP contribution in [0.15, 0.2) is 70.8 Å². The Bertz CT molecular complexity index is 1400. The zero-order valence-corrected chi connectivity index (χ0v) is 17.6. The summed E-state index contributed by atoms with van der Waals surface area (Å²) >= 11 is 1.20. The lowest BCUT2D eigenvalue weighted by molar-refractivity contribution is -0.107. The second-order valence-corrected chi connectivity index (χ2v) is 7.47. The fourth-order valence-corrected chi connectivity index (χ4v) is 3.75. The molecule has 0 aliphatic rings. The van der Waals surface area contributed by atoms with Gasteiger partial charge in [-0.25, -0.2) is 19.6 Å². The normalized spacial score (nSPS) is 10.8. The minimum Gasteiger partial charge on any atom is -0.457 e. The molecule has 5 rings (SSSR count). The molecule has 0 atom stereocenters. The van der Waals surface area contributed by atoms with Crippen molar-refractivity contribution in [3.05, 3.63) is 66.4 Å². The van der Waals surface area contributed by atoms with E-state index in [9.17, 15) is 9.59 Å². The quantitative estimate of drug-likeness (QED) is 0.344. The number of amides is 3. The Kier molecular flexibility index (Phi) is 5.16. The standard InChI is InChI=1S/C21H15N7O4S/c22-19(30)28(21-26-23-11-33-21)13-3-5-14(6-4-13)32-15-7-8-16-17(10-15)25-20(24-16)27(12-29)18-2-1-9-31-18/h1-12H,(H2,22,30)(H,24,25). The molecular weight excluding hydrogens is 446 g/mol. The monoisotopic (exact) mass is 461 g/mol.